The lowest BCUT2D eigenvalue weighted by Crippen LogP contribution is -2.32. The normalized spacial score (nSPS) is 9.89. The Morgan fingerprint density at radius 2 is 2.22 bits per heavy atom. The third-order valence-corrected chi connectivity index (χ3v) is 3.26. The van der Waals surface area contributed by atoms with Crippen LogP contribution < -0.4 is 5.73 Å². The van der Waals surface area contributed by atoms with Crippen molar-refractivity contribution in [3.8, 4) is 6.07 Å². The SMILES string of the molecule is CCN(CCC#N)C(=O)c1cc(Br)cc(N)c1C. The molecule has 0 aromatic heterocycles. The molecule has 0 aliphatic heterocycles. The number of rotatable bonds is 4. The standard InChI is InChI=1S/C13H16BrN3O/c1-3-17(6-4-5-15)13(18)11-7-10(14)8-12(16)9(11)2/h7-8H,3-4,6,16H2,1-2H3. The number of amides is 1. The molecule has 5 heteroatoms. The van der Waals surface area contributed by atoms with Crippen LogP contribution >= 0.6 is 15.9 Å². The first-order valence-corrected chi connectivity index (χ1v) is 6.52. The average Bonchev–Trinajstić information content (AvgIpc) is 2.34. The van der Waals surface area contributed by atoms with E-state index in [1.807, 2.05) is 19.9 Å². The van der Waals surface area contributed by atoms with Crippen LogP contribution in [0.25, 0.3) is 0 Å². The van der Waals surface area contributed by atoms with Crippen molar-refractivity contribution in [1.82, 2.24) is 4.90 Å². The second-order valence-electron chi connectivity index (χ2n) is 3.96. The first kappa shape index (κ1) is 14.5. The van der Waals surface area contributed by atoms with Crippen LogP contribution in [-0.4, -0.2) is 23.9 Å². The third kappa shape index (κ3) is 3.23. The highest BCUT2D eigenvalue weighted by molar-refractivity contribution is 9.10. The number of anilines is 1. The minimum atomic E-state index is -0.0850. The summed E-state index contributed by atoms with van der Waals surface area (Å²) in [6.45, 7) is 4.74. The maximum absolute atomic E-state index is 12.3. The number of nitrogens with zero attached hydrogens (tertiary/aromatic N) is 2. The number of halogens is 1. The summed E-state index contributed by atoms with van der Waals surface area (Å²) in [5.41, 5.74) is 7.80. The Morgan fingerprint density at radius 3 is 2.78 bits per heavy atom. The van der Waals surface area contributed by atoms with Gasteiger partial charge < -0.3 is 10.6 Å². The van der Waals surface area contributed by atoms with Crippen LogP contribution in [0.1, 0.15) is 29.3 Å². The van der Waals surface area contributed by atoms with E-state index in [1.54, 1.807) is 17.0 Å². The first-order chi connectivity index (χ1) is 8.51. The second-order valence-corrected chi connectivity index (χ2v) is 4.88. The fraction of sp³-hybridized carbons (Fsp3) is 0.385. The van der Waals surface area contributed by atoms with E-state index in [0.717, 1.165) is 10.0 Å². The number of benzene rings is 1. The van der Waals surface area contributed by atoms with Gasteiger partial charge in [0.25, 0.3) is 5.91 Å². The summed E-state index contributed by atoms with van der Waals surface area (Å²) < 4.78 is 0.783. The van der Waals surface area contributed by atoms with E-state index in [1.165, 1.54) is 0 Å². The maximum Gasteiger partial charge on any atom is 0.254 e. The number of carbonyl (C=O) groups excluding carboxylic acids is 1. The zero-order valence-corrected chi connectivity index (χ0v) is 12.1. The molecule has 1 aromatic carbocycles. The molecule has 0 saturated heterocycles. The molecule has 2 N–H and O–H groups in total. The minimum Gasteiger partial charge on any atom is -0.398 e. The Kier molecular flexibility index (Phi) is 5.17. The van der Waals surface area contributed by atoms with Gasteiger partial charge in [-0.05, 0) is 31.5 Å². The molecule has 0 unspecified atom stereocenters. The molecule has 0 bridgehead atoms. The molecular weight excluding hydrogens is 294 g/mol. The summed E-state index contributed by atoms with van der Waals surface area (Å²) in [5.74, 6) is -0.0850. The largest absolute Gasteiger partial charge is 0.398 e. The molecule has 96 valence electrons. The Hall–Kier alpha value is -1.54. The molecule has 18 heavy (non-hydrogen) atoms. The molecule has 1 aromatic rings. The lowest BCUT2D eigenvalue weighted by molar-refractivity contribution is 0.0767. The van der Waals surface area contributed by atoms with Crippen LogP contribution in [0, 0.1) is 18.3 Å². The molecule has 4 nitrogen and oxygen atoms in total. The average molecular weight is 310 g/mol. The van der Waals surface area contributed by atoms with E-state index >= 15 is 0 Å². The highest BCUT2D eigenvalue weighted by Crippen LogP contribution is 2.24. The van der Waals surface area contributed by atoms with Crippen molar-refractivity contribution in [3.05, 3.63) is 27.7 Å². The number of hydrogen-bond donors (Lipinski definition) is 1. The molecule has 0 atom stereocenters. The summed E-state index contributed by atoms with van der Waals surface area (Å²) in [7, 11) is 0. The molecule has 0 saturated carbocycles. The highest BCUT2D eigenvalue weighted by atomic mass is 79.9. The number of hydrogen-bond acceptors (Lipinski definition) is 3. The minimum absolute atomic E-state index is 0.0850. The zero-order valence-electron chi connectivity index (χ0n) is 10.5. The third-order valence-electron chi connectivity index (χ3n) is 2.81. The van der Waals surface area contributed by atoms with E-state index in [0.29, 0.717) is 30.8 Å². The molecule has 0 spiro atoms. The Labute approximate surface area is 116 Å². The summed E-state index contributed by atoms with van der Waals surface area (Å²) in [4.78, 5) is 14.0. The van der Waals surface area contributed by atoms with Gasteiger partial charge in [-0.3, -0.25) is 4.79 Å². The first-order valence-electron chi connectivity index (χ1n) is 5.73. The summed E-state index contributed by atoms with van der Waals surface area (Å²) >= 11 is 3.34. The van der Waals surface area contributed by atoms with Gasteiger partial charge in [0.1, 0.15) is 0 Å². The van der Waals surface area contributed by atoms with Crippen LogP contribution in [0.5, 0.6) is 0 Å². The van der Waals surface area contributed by atoms with E-state index in [2.05, 4.69) is 15.9 Å². The van der Waals surface area contributed by atoms with Crippen molar-refractivity contribution in [2.45, 2.75) is 20.3 Å². The molecule has 0 heterocycles. The fourth-order valence-electron chi connectivity index (χ4n) is 1.68. The molecular formula is C13H16BrN3O. The van der Waals surface area contributed by atoms with Gasteiger partial charge in [-0.15, -0.1) is 0 Å². The van der Waals surface area contributed by atoms with Gasteiger partial charge in [0.2, 0.25) is 0 Å². The zero-order chi connectivity index (χ0) is 13.7. The van der Waals surface area contributed by atoms with Crippen LogP contribution in [0.2, 0.25) is 0 Å². The van der Waals surface area contributed by atoms with Gasteiger partial charge in [-0.1, -0.05) is 15.9 Å². The molecule has 0 radical (unpaired) electrons. The van der Waals surface area contributed by atoms with Crippen molar-refractivity contribution < 1.29 is 4.79 Å². The number of nitrogens with two attached hydrogens (primary N) is 1. The second kappa shape index (κ2) is 6.41. The van der Waals surface area contributed by atoms with Crippen LogP contribution in [0.15, 0.2) is 16.6 Å². The summed E-state index contributed by atoms with van der Waals surface area (Å²) in [6, 6.07) is 5.59. The Morgan fingerprint density at radius 1 is 1.56 bits per heavy atom. The Balaban J connectivity index is 3.06. The number of nitrogen functional groups attached to an aromatic ring is 1. The lowest BCUT2D eigenvalue weighted by Gasteiger charge is -2.21. The monoisotopic (exact) mass is 309 g/mol. The molecule has 0 aliphatic rings. The maximum atomic E-state index is 12.3. The predicted octanol–water partition coefficient (Wildman–Crippen LogP) is 2.72. The van der Waals surface area contributed by atoms with Gasteiger partial charge in [0.05, 0.1) is 12.5 Å². The number of nitriles is 1. The van der Waals surface area contributed by atoms with E-state index in [4.69, 9.17) is 11.0 Å². The number of carbonyl (C=O) groups is 1. The van der Waals surface area contributed by atoms with E-state index in [-0.39, 0.29) is 5.91 Å². The Bertz CT molecular complexity index is 494. The summed E-state index contributed by atoms with van der Waals surface area (Å²) in [5, 5.41) is 8.59. The van der Waals surface area contributed by atoms with E-state index in [9.17, 15) is 4.79 Å². The van der Waals surface area contributed by atoms with E-state index < -0.39 is 0 Å². The van der Waals surface area contributed by atoms with Gasteiger partial charge >= 0.3 is 0 Å². The highest BCUT2D eigenvalue weighted by Gasteiger charge is 2.17. The topological polar surface area (TPSA) is 70.1 Å². The van der Waals surface area contributed by atoms with Crippen LogP contribution in [-0.2, 0) is 0 Å². The predicted molar refractivity (Wildman–Crippen MR) is 75.1 cm³/mol. The van der Waals surface area contributed by atoms with Gasteiger partial charge in [0, 0.05) is 28.8 Å². The fourth-order valence-corrected chi connectivity index (χ4v) is 2.16. The molecule has 0 fully saturated rings. The van der Waals surface area contributed by atoms with Crippen molar-refractivity contribution in [3.63, 3.8) is 0 Å². The molecule has 1 amide bonds. The van der Waals surface area contributed by atoms with Crippen molar-refractivity contribution >= 4 is 27.5 Å². The molecule has 0 aliphatic carbocycles. The molecule has 1 rings (SSSR count). The van der Waals surface area contributed by atoms with Crippen molar-refractivity contribution in [2.24, 2.45) is 0 Å². The van der Waals surface area contributed by atoms with Crippen molar-refractivity contribution in [1.29, 1.82) is 5.26 Å². The van der Waals surface area contributed by atoms with Gasteiger partial charge in [0.15, 0.2) is 0 Å². The van der Waals surface area contributed by atoms with Gasteiger partial charge in [-0.2, -0.15) is 5.26 Å². The van der Waals surface area contributed by atoms with Crippen LogP contribution in [0.4, 0.5) is 5.69 Å². The summed E-state index contributed by atoms with van der Waals surface area (Å²) in [6.07, 6.45) is 0.335. The van der Waals surface area contributed by atoms with Crippen molar-refractivity contribution in [2.75, 3.05) is 18.8 Å². The quantitative estimate of drug-likeness (QED) is 0.869. The lowest BCUT2D eigenvalue weighted by atomic mass is 10.1. The van der Waals surface area contributed by atoms with Crippen LogP contribution in [0.3, 0.4) is 0 Å². The van der Waals surface area contributed by atoms with Gasteiger partial charge in [-0.25, -0.2) is 0 Å². The smallest absolute Gasteiger partial charge is 0.254 e.